The van der Waals surface area contributed by atoms with Gasteiger partial charge in [-0.25, -0.2) is 9.59 Å². The first-order valence-corrected chi connectivity index (χ1v) is 5.09. The van der Waals surface area contributed by atoms with Crippen LogP contribution in [0.2, 0.25) is 0 Å². The van der Waals surface area contributed by atoms with E-state index < -0.39 is 17.8 Å². The number of fused-ring (bicyclic) bond motifs is 1. The van der Waals surface area contributed by atoms with Crippen molar-refractivity contribution in [3.8, 4) is 0 Å². The second-order valence-corrected chi connectivity index (χ2v) is 3.42. The van der Waals surface area contributed by atoms with Gasteiger partial charge in [-0.2, -0.15) is 0 Å². The van der Waals surface area contributed by atoms with E-state index in [1.807, 2.05) is 0 Å². The van der Waals surface area contributed by atoms with Gasteiger partial charge in [0.05, 0.1) is 12.1 Å². The topological polar surface area (TPSA) is 92.5 Å². The van der Waals surface area contributed by atoms with E-state index in [0.717, 1.165) is 0 Å². The molecule has 2 N–H and O–H groups in total. The number of aromatic nitrogens is 1. The van der Waals surface area contributed by atoms with Crippen LogP contribution in [-0.2, 0) is 9.53 Å². The van der Waals surface area contributed by atoms with Gasteiger partial charge in [-0.05, 0) is 24.6 Å². The van der Waals surface area contributed by atoms with Crippen LogP contribution in [0.15, 0.2) is 27.4 Å². The van der Waals surface area contributed by atoms with Crippen LogP contribution in [0, 0.1) is 0 Å². The Morgan fingerprint density at radius 2 is 2.35 bits per heavy atom. The smallest absolute Gasteiger partial charge is 0.417 e. The highest BCUT2D eigenvalue weighted by atomic mass is 16.5. The predicted molar refractivity (Wildman–Crippen MR) is 58.4 cm³/mol. The van der Waals surface area contributed by atoms with Gasteiger partial charge >= 0.3 is 11.7 Å². The summed E-state index contributed by atoms with van der Waals surface area (Å²) in [4.78, 5) is 24.7. The molecule has 0 saturated carbocycles. The van der Waals surface area contributed by atoms with Crippen molar-refractivity contribution in [2.24, 2.45) is 0 Å². The maximum Gasteiger partial charge on any atom is 0.417 e. The third kappa shape index (κ3) is 2.21. The average molecular weight is 237 g/mol. The molecule has 6 nitrogen and oxygen atoms in total. The lowest BCUT2D eigenvalue weighted by molar-refractivity contribution is -0.153. The van der Waals surface area contributed by atoms with Gasteiger partial charge in [-0.15, -0.1) is 0 Å². The van der Waals surface area contributed by atoms with Gasteiger partial charge in [0.1, 0.15) is 0 Å². The lowest BCUT2D eigenvalue weighted by Crippen LogP contribution is -2.15. The number of esters is 1. The molecule has 90 valence electrons. The molecular weight excluding hydrogens is 226 g/mol. The number of oxazole rings is 1. The molecule has 2 aromatic rings. The number of nitrogens with one attached hydrogen (secondary N) is 1. The number of carbonyl (C=O) groups is 1. The van der Waals surface area contributed by atoms with Crippen LogP contribution in [0.4, 0.5) is 0 Å². The summed E-state index contributed by atoms with van der Waals surface area (Å²) in [7, 11) is 0. The third-order valence-electron chi connectivity index (χ3n) is 2.27. The van der Waals surface area contributed by atoms with E-state index in [-0.39, 0.29) is 6.61 Å². The lowest BCUT2D eigenvalue weighted by Gasteiger charge is -2.09. The first-order valence-electron chi connectivity index (χ1n) is 5.09. The van der Waals surface area contributed by atoms with Crippen LogP contribution in [0.1, 0.15) is 18.6 Å². The third-order valence-corrected chi connectivity index (χ3v) is 2.27. The van der Waals surface area contributed by atoms with Crippen LogP contribution < -0.4 is 5.76 Å². The zero-order chi connectivity index (χ0) is 12.4. The van der Waals surface area contributed by atoms with Gasteiger partial charge in [-0.1, -0.05) is 6.07 Å². The quantitative estimate of drug-likeness (QED) is 0.767. The number of hydrogen-bond acceptors (Lipinski definition) is 5. The molecule has 0 amide bonds. The summed E-state index contributed by atoms with van der Waals surface area (Å²) in [5.41, 5.74) is 1.14. The highest BCUT2D eigenvalue weighted by Crippen LogP contribution is 2.19. The first-order chi connectivity index (χ1) is 8.11. The zero-order valence-electron chi connectivity index (χ0n) is 9.10. The Kier molecular flexibility index (Phi) is 2.97. The van der Waals surface area contributed by atoms with Crippen molar-refractivity contribution < 1.29 is 19.1 Å². The summed E-state index contributed by atoms with van der Waals surface area (Å²) in [6.07, 6.45) is -1.36. The molecular formula is C11H11NO5. The van der Waals surface area contributed by atoms with Gasteiger partial charge in [0, 0.05) is 0 Å². The summed E-state index contributed by atoms with van der Waals surface area (Å²) >= 11 is 0. The number of carbonyl (C=O) groups excluding carboxylic acids is 1. The van der Waals surface area contributed by atoms with Gasteiger partial charge < -0.3 is 14.3 Å². The van der Waals surface area contributed by atoms with E-state index in [2.05, 4.69) is 4.98 Å². The number of aromatic amines is 1. The number of ether oxygens (including phenoxy) is 1. The zero-order valence-corrected chi connectivity index (χ0v) is 9.10. The molecule has 0 bridgehead atoms. The van der Waals surface area contributed by atoms with Gasteiger partial charge in [0.15, 0.2) is 11.7 Å². The fourth-order valence-electron chi connectivity index (χ4n) is 1.50. The molecule has 0 fully saturated rings. The van der Waals surface area contributed by atoms with E-state index in [4.69, 9.17) is 9.15 Å². The Morgan fingerprint density at radius 1 is 1.59 bits per heavy atom. The minimum Gasteiger partial charge on any atom is -0.464 e. The standard InChI is InChI=1S/C11H11NO5/c1-2-16-10(14)9(13)6-3-4-8-7(5-6)12-11(15)17-8/h3-5,9,13H,2H2,1H3,(H,12,15). The first kappa shape index (κ1) is 11.4. The summed E-state index contributed by atoms with van der Waals surface area (Å²) in [5.74, 6) is -1.31. The fourth-order valence-corrected chi connectivity index (χ4v) is 1.50. The molecule has 0 radical (unpaired) electrons. The summed E-state index contributed by atoms with van der Waals surface area (Å²) in [5, 5.41) is 9.69. The summed E-state index contributed by atoms with van der Waals surface area (Å²) in [6.45, 7) is 1.85. The Balaban J connectivity index is 2.35. The second-order valence-electron chi connectivity index (χ2n) is 3.42. The van der Waals surface area contributed by atoms with Crippen molar-refractivity contribution in [1.29, 1.82) is 0 Å². The Bertz CT molecular complexity index is 597. The Hall–Kier alpha value is -2.08. The van der Waals surface area contributed by atoms with E-state index in [9.17, 15) is 14.7 Å². The largest absolute Gasteiger partial charge is 0.464 e. The molecule has 2 rings (SSSR count). The normalized spacial score (nSPS) is 12.6. The van der Waals surface area contributed by atoms with Crippen molar-refractivity contribution in [3.05, 3.63) is 34.3 Å². The average Bonchev–Trinajstić information content (AvgIpc) is 2.67. The Labute approximate surface area is 95.8 Å². The molecule has 1 aromatic heterocycles. The van der Waals surface area contributed by atoms with E-state index in [1.54, 1.807) is 6.92 Å². The maximum absolute atomic E-state index is 11.3. The van der Waals surface area contributed by atoms with Crippen molar-refractivity contribution in [2.45, 2.75) is 13.0 Å². The number of aliphatic hydroxyl groups excluding tert-OH is 1. The van der Waals surface area contributed by atoms with Gasteiger partial charge in [0.25, 0.3) is 0 Å². The molecule has 1 heterocycles. The minimum absolute atomic E-state index is 0.195. The monoisotopic (exact) mass is 237 g/mol. The minimum atomic E-state index is -1.36. The Morgan fingerprint density at radius 3 is 3.06 bits per heavy atom. The molecule has 17 heavy (non-hydrogen) atoms. The van der Waals surface area contributed by atoms with Crippen molar-refractivity contribution >= 4 is 17.1 Å². The number of aliphatic hydroxyl groups is 1. The second kappa shape index (κ2) is 4.42. The maximum atomic E-state index is 11.3. The van der Waals surface area contributed by atoms with Gasteiger partial charge in [-0.3, -0.25) is 4.98 Å². The summed E-state index contributed by atoms with van der Waals surface area (Å²) < 4.78 is 9.49. The van der Waals surface area contributed by atoms with Gasteiger partial charge in [0.2, 0.25) is 0 Å². The van der Waals surface area contributed by atoms with E-state index in [1.165, 1.54) is 18.2 Å². The van der Waals surface area contributed by atoms with Crippen LogP contribution >= 0.6 is 0 Å². The molecule has 6 heteroatoms. The molecule has 0 spiro atoms. The highest BCUT2D eigenvalue weighted by molar-refractivity contribution is 5.79. The van der Waals surface area contributed by atoms with Crippen molar-refractivity contribution in [1.82, 2.24) is 4.98 Å². The SMILES string of the molecule is CCOC(=O)C(O)c1ccc2oc(=O)[nH]c2c1. The van der Waals surface area contributed by atoms with Crippen LogP contribution in [0.5, 0.6) is 0 Å². The van der Waals surface area contributed by atoms with E-state index in [0.29, 0.717) is 16.7 Å². The predicted octanol–water partition coefficient (Wildman–Crippen LogP) is 0.718. The highest BCUT2D eigenvalue weighted by Gasteiger charge is 2.19. The van der Waals surface area contributed by atoms with Crippen LogP contribution in [0.25, 0.3) is 11.1 Å². The molecule has 0 aliphatic heterocycles. The van der Waals surface area contributed by atoms with Crippen molar-refractivity contribution in [2.75, 3.05) is 6.61 Å². The fraction of sp³-hybridized carbons (Fsp3) is 0.273. The number of benzene rings is 1. The number of H-pyrrole nitrogens is 1. The molecule has 1 unspecified atom stereocenters. The number of rotatable bonds is 3. The molecule has 1 aromatic carbocycles. The molecule has 0 aliphatic rings. The summed E-state index contributed by atoms with van der Waals surface area (Å²) in [6, 6.07) is 4.48. The number of hydrogen-bond donors (Lipinski definition) is 2. The molecule has 0 aliphatic carbocycles. The lowest BCUT2D eigenvalue weighted by atomic mass is 10.1. The van der Waals surface area contributed by atoms with Crippen LogP contribution in [-0.4, -0.2) is 22.7 Å². The molecule has 1 atom stereocenters. The molecule has 0 saturated heterocycles. The van der Waals surface area contributed by atoms with Crippen LogP contribution in [0.3, 0.4) is 0 Å². The van der Waals surface area contributed by atoms with E-state index >= 15 is 0 Å². The van der Waals surface area contributed by atoms with Crippen molar-refractivity contribution in [3.63, 3.8) is 0 Å².